The third-order valence-electron chi connectivity index (χ3n) is 2.24. The number of nitrogens with one attached hydrogen (secondary N) is 2. The Hall–Kier alpha value is -0.610. The van der Waals surface area contributed by atoms with Gasteiger partial charge >= 0.3 is 0 Å². The van der Waals surface area contributed by atoms with E-state index in [1.807, 2.05) is 0 Å². The molecule has 0 aromatic heterocycles. The minimum Gasteiger partial charge on any atom is -0.385 e. The van der Waals surface area contributed by atoms with E-state index in [1.54, 1.807) is 14.2 Å². The number of rotatable bonds is 10. The highest BCUT2D eigenvalue weighted by Crippen LogP contribution is 1.94. The minimum atomic E-state index is 0.122. The molecule has 0 unspecified atom stereocenters. The Kier molecular flexibility index (Phi) is 11.0. The maximum Gasteiger partial charge on any atom is 0.219 e. The molecule has 0 atom stereocenters. The molecule has 90 valence electrons. The number of amides is 1. The van der Waals surface area contributed by atoms with Crippen molar-refractivity contribution in [2.45, 2.75) is 32.1 Å². The van der Waals surface area contributed by atoms with Crippen LogP contribution in [0.15, 0.2) is 0 Å². The Morgan fingerprint density at radius 3 is 2.53 bits per heavy atom. The predicted octanol–water partition coefficient (Wildman–Crippen LogP) is 0.919. The SMILES string of the molecule is CNC(=O)CCCNCCCCCOC. The molecule has 0 aromatic carbocycles. The monoisotopic (exact) mass is 216 g/mol. The first-order valence-corrected chi connectivity index (χ1v) is 5.71. The highest BCUT2D eigenvalue weighted by Gasteiger charge is 1.96. The summed E-state index contributed by atoms with van der Waals surface area (Å²) >= 11 is 0. The van der Waals surface area contributed by atoms with E-state index in [1.165, 1.54) is 12.8 Å². The topological polar surface area (TPSA) is 50.4 Å². The molecule has 0 aliphatic carbocycles. The summed E-state index contributed by atoms with van der Waals surface area (Å²) in [5, 5.41) is 5.93. The Morgan fingerprint density at radius 1 is 1.13 bits per heavy atom. The molecule has 1 amide bonds. The van der Waals surface area contributed by atoms with Crippen LogP contribution in [0.25, 0.3) is 0 Å². The molecule has 0 bridgehead atoms. The molecule has 0 saturated heterocycles. The lowest BCUT2D eigenvalue weighted by molar-refractivity contribution is -0.120. The minimum absolute atomic E-state index is 0.122. The highest BCUT2D eigenvalue weighted by molar-refractivity contribution is 5.75. The van der Waals surface area contributed by atoms with Crippen molar-refractivity contribution in [3.8, 4) is 0 Å². The third-order valence-corrected chi connectivity index (χ3v) is 2.24. The highest BCUT2D eigenvalue weighted by atomic mass is 16.5. The summed E-state index contributed by atoms with van der Waals surface area (Å²) in [7, 11) is 3.41. The first kappa shape index (κ1) is 14.4. The van der Waals surface area contributed by atoms with E-state index in [0.29, 0.717) is 6.42 Å². The molecule has 0 heterocycles. The smallest absolute Gasteiger partial charge is 0.219 e. The third kappa shape index (κ3) is 11.3. The number of ether oxygens (including phenoxy) is 1. The summed E-state index contributed by atoms with van der Waals surface area (Å²) in [6.45, 7) is 2.83. The molecule has 4 heteroatoms. The van der Waals surface area contributed by atoms with Crippen molar-refractivity contribution in [2.75, 3.05) is 33.9 Å². The molecule has 0 aromatic rings. The van der Waals surface area contributed by atoms with E-state index in [4.69, 9.17) is 4.74 Å². The first-order valence-electron chi connectivity index (χ1n) is 5.71. The fraction of sp³-hybridized carbons (Fsp3) is 0.909. The van der Waals surface area contributed by atoms with Gasteiger partial charge in [0.15, 0.2) is 0 Å². The molecule has 0 spiro atoms. The lowest BCUT2D eigenvalue weighted by Gasteiger charge is -2.04. The zero-order valence-electron chi connectivity index (χ0n) is 9.97. The molecule has 4 nitrogen and oxygen atoms in total. The molecule has 0 radical (unpaired) electrons. The summed E-state index contributed by atoms with van der Waals surface area (Å²) in [5.41, 5.74) is 0. The largest absolute Gasteiger partial charge is 0.385 e. The molecular formula is C11H24N2O2. The van der Waals surface area contributed by atoms with Crippen molar-refractivity contribution in [3.63, 3.8) is 0 Å². The van der Waals surface area contributed by atoms with Crippen molar-refractivity contribution in [1.29, 1.82) is 0 Å². The summed E-state index contributed by atoms with van der Waals surface area (Å²) < 4.78 is 4.96. The van der Waals surface area contributed by atoms with Crippen LogP contribution in [0, 0.1) is 0 Å². The van der Waals surface area contributed by atoms with Gasteiger partial charge in [0.05, 0.1) is 0 Å². The first-order chi connectivity index (χ1) is 7.31. The van der Waals surface area contributed by atoms with Crippen LogP contribution in [-0.2, 0) is 9.53 Å². The number of unbranched alkanes of at least 4 members (excludes halogenated alkanes) is 2. The molecule has 2 N–H and O–H groups in total. The molecule has 0 aliphatic rings. The van der Waals surface area contributed by atoms with Crippen molar-refractivity contribution >= 4 is 5.91 Å². The van der Waals surface area contributed by atoms with Crippen LogP contribution in [0.4, 0.5) is 0 Å². The van der Waals surface area contributed by atoms with Gasteiger partial charge in [0.1, 0.15) is 0 Å². The summed E-state index contributed by atoms with van der Waals surface area (Å²) in [5.74, 6) is 0.122. The number of carbonyl (C=O) groups excluding carboxylic acids is 1. The van der Waals surface area contributed by atoms with Gasteiger partial charge < -0.3 is 15.4 Å². The molecule has 0 aliphatic heterocycles. The van der Waals surface area contributed by atoms with Crippen LogP contribution in [0.2, 0.25) is 0 Å². The normalized spacial score (nSPS) is 10.3. The van der Waals surface area contributed by atoms with Gasteiger partial charge in [-0.3, -0.25) is 4.79 Å². The van der Waals surface area contributed by atoms with Gasteiger partial charge in [0.2, 0.25) is 5.91 Å². The second-order valence-electron chi connectivity index (χ2n) is 3.58. The average molecular weight is 216 g/mol. The quantitative estimate of drug-likeness (QED) is 0.534. The fourth-order valence-electron chi connectivity index (χ4n) is 1.30. The van der Waals surface area contributed by atoms with Crippen LogP contribution >= 0.6 is 0 Å². The molecular weight excluding hydrogens is 192 g/mol. The predicted molar refractivity (Wildman–Crippen MR) is 61.9 cm³/mol. The maximum absolute atomic E-state index is 10.9. The van der Waals surface area contributed by atoms with E-state index in [9.17, 15) is 4.79 Å². The molecule has 0 saturated carbocycles. The van der Waals surface area contributed by atoms with Gasteiger partial charge in [-0.2, -0.15) is 0 Å². The second kappa shape index (κ2) is 11.5. The zero-order chi connectivity index (χ0) is 11.4. The van der Waals surface area contributed by atoms with Crippen molar-refractivity contribution < 1.29 is 9.53 Å². The van der Waals surface area contributed by atoms with E-state index < -0.39 is 0 Å². The standard InChI is InChI=1S/C11H24N2O2/c1-12-11(14)7-6-9-13-8-4-3-5-10-15-2/h13H,3-10H2,1-2H3,(H,12,14). The van der Waals surface area contributed by atoms with Gasteiger partial charge in [-0.1, -0.05) is 0 Å². The lowest BCUT2D eigenvalue weighted by Crippen LogP contribution is -2.21. The van der Waals surface area contributed by atoms with Crippen LogP contribution in [0.1, 0.15) is 32.1 Å². The van der Waals surface area contributed by atoms with E-state index in [0.717, 1.165) is 32.5 Å². The van der Waals surface area contributed by atoms with Crippen LogP contribution < -0.4 is 10.6 Å². The average Bonchev–Trinajstić information content (AvgIpc) is 2.26. The number of carbonyl (C=O) groups is 1. The zero-order valence-corrected chi connectivity index (χ0v) is 9.97. The Bertz CT molecular complexity index is 152. The molecule has 0 rings (SSSR count). The van der Waals surface area contributed by atoms with E-state index in [2.05, 4.69) is 10.6 Å². The number of hydrogen-bond acceptors (Lipinski definition) is 3. The Morgan fingerprint density at radius 2 is 1.87 bits per heavy atom. The van der Waals surface area contributed by atoms with Gasteiger partial charge in [-0.15, -0.1) is 0 Å². The second-order valence-corrected chi connectivity index (χ2v) is 3.58. The van der Waals surface area contributed by atoms with Gasteiger partial charge in [0, 0.05) is 27.2 Å². The summed E-state index contributed by atoms with van der Waals surface area (Å²) in [6, 6.07) is 0. The Balaban J connectivity index is 2.95. The van der Waals surface area contributed by atoms with Crippen molar-refractivity contribution in [3.05, 3.63) is 0 Å². The van der Waals surface area contributed by atoms with Crippen LogP contribution in [-0.4, -0.2) is 39.8 Å². The molecule has 0 fully saturated rings. The van der Waals surface area contributed by atoms with Gasteiger partial charge in [-0.25, -0.2) is 0 Å². The number of methoxy groups -OCH3 is 1. The van der Waals surface area contributed by atoms with Gasteiger partial charge in [-0.05, 0) is 38.8 Å². The van der Waals surface area contributed by atoms with Crippen LogP contribution in [0.5, 0.6) is 0 Å². The Labute approximate surface area is 92.8 Å². The fourth-order valence-corrected chi connectivity index (χ4v) is 1.30. The number of hydrogen-bond donors (Lipinski definition) is 2. The maximum atomic E-state index is 10.9. The summed E-state index contributed by atoms with van der Waals surface area (Å²) in [6.07, 6.45) is 5.06. The van der Waals surface area contributed by atoms with Crippen molar-refractivity contribution in [1.82, 2.24) is 10.6 Å². The van der Waals surface area contributed by atoms with Crippen LogP contribution in [0.3, 0.4) is 0 Å². The molecule has 15 heavy (non-hydrogen) atoms. The van der Waals surface area contributed by atoms with E-state index in [-0.39, 0.29) is 5.91 Å². The van der Waals surface area contributed by atoms with Gasteiger partial charge in [0.25, 0.3) is 0 Å². The summed E-state index contributed by atoms with van der Waals surface area (Å²) in [4.78, 5) is 10.9. The van der Waals surface area contributed by atoms with Crippen molar-refractivity contribution in [2.24, 2.45) is 0 Å². The van der Waals surface area contributed by atoms with E-state index >= 15 is 0 Å². The lowest BCUT2D eigenvalue weighted by atomic mass is 10.2.